The van der Waals surface area contributed by atoms with E-state index in [1.165, 1.54) is 31.2 Å². The Bertz CT molecular complexity index is 823. The second-order valence-electron chi connectivity index (χ2n) is 5.44. The molecule has 0 aliphatic carbocycles. The minimum absolute atomic E-state index is 0.238. The van der Waals surface area contributed by atoms with E-state index >= 15 is 0 Å². The molecular weight excluding hydrogens is 372 g/mol. The first kappa shape index (κ1) is 20.3. The lowest BCUT2D eigenvalue weighted by Gasteiger charge is -2.14. The molecule has 142 valence electrons. The van der Waals surface area contributed by atoms with E-state index in [4.69, 9.17) is 21.1 Å². The number of para-hydroxylation sites is 1. The number of hydrogen-bond acceptors (Lipinski definition) is 5. The zero-order valence-electron chi connectivity index (χ0n) is 14.8. The molecule has 0 radical (unpaired) electrons. The first-order chi connectivity index (χ1) is 12.9. The molecule has 0 fully saturated rings. The molecule has 0 saturated heterocycles. The van der Waals surface area contributed by atoms with Gasteiger partial charge in [0.1, 0.15) is 0 Å². The second kappa shape index (κ2) is 9.59. The maximum absolute atomic E-state index is 12.2. The first-order valence-electron chi connectivity index (χ1n) is 8.21. The van der Waals surface area contributed by atoms with Crippen molar-refractivity contribution in [3.63, 3.8) is 0 Å². The highest BCUT2D eigenvalue weighted by Crippen LogP contribution is 2.21. The summed E-state index contributed by atoms with van der Waals surface area (Å²) in [6, 6.07) is 12.8. The standard InChI is InChI=1S/C19H19ClN2O5/c1-3-26-19(25)21-14-10-8-13(9-11-14)18(24)27-12(2)17(23)22-16-7-5-4-6-15(16)20/h4-12H,3H2,1-2H3,(H,21,25)(H,22,23). The maximum atomic E-state index is 12.2. The molecule has 2 rings (SSSR count). The SMILES string of the molecule is CCOC(=O)Nc1ccc(C(=O)OC(C)C(=O)Nc2ccccc2Cl)cc1. The van der Waals surface area contributed by atoms with E-state index in [0.717, 1.165) is 0 Å². The van der Waals surface area contributed by atoms with Crippen LogP contribution in [0.5, 0.6) is 0 Å². The van der Waals surface area contributed by atoms with E-state index in [-0.39, 0.29) is 12.2 Å². The van der Waals surface area contributed by atoms with E-state index in [0.29, 0.717) is 16.4 Å². The van der Waals surface area contributed by atoms with E-state index < -0.39 is 24.1 Å². The first-order valence-corrected chi connectivity index (χ1v) is 8.58. The van der Waals surface area contributed by atoms with Crippen molar-refractivity contribution in [1.29, 1.82) is 0 Å². The van der Waals surface area contributed by atoms with Crippen molar-refractivity contribution in [2.75, 3.05) is 17.2 Å². The van der Waals surface area contributed by atoms with Gasteiger partial charge in [-0.3, -0.25) is 10.1 Å². The van der Waals surface area contributed by atoms with Gasteiger partial charge in [0, 0.05) is 5.69 Å². The van der Waals surface area contributed by atoms with Crippen LogP contribution in [0.2, 0.25) is 5.02 Å². The Labute approximate surface area is 161 Å². The van der Waals surface area contributed by atoms with Crippen LogP contribution < -0.4 is 10.6 Å². The van der Waals surface area contributed by atoms with Crippen molar-refractivity contribution < 1.29 is 23.9 Å². The summed E-state index contributed by atoms with van der Waals surface area (Å²) in [5, 5.41) is 5.49. The maximum Gasteiger partial charge on any atom is 0.411 e. The van der Waals surface area contributed by atoms with Gasteiger partial charge < -0.3 is 14.8 Å². The number of carbonyl (C=O) groups is 3. The number of ether oxygens (including phenoxy) is 2. The Morgan fingerprint density at radius 2 is 1.70 bits per heavy atom. The van der Waals surface area contributed by atoms with E-state index in [2.05, 4.69) is 10.6 Å². The van der Waals surface area contributed by atoms with Crippen molar-refractivity contribution in [2.24, 2.45) is 0 Å². The smallest absolute Gasteiger partial charge is 0.411 e. The number of hydrogen-bond donors (Lipinski definition) is 2. The number of rotatable bonds is 6. The van der Waals surface area contributed by atoms with Crippen LogP contribution in [0.1, 0.15) is 24.2 Å². The van der Waals surface area contributed by atoms with Crippen LogP contribution in [0.4, 0.5) is 16.2 Å². The van der Waals surface area contributed by atoms with Crippen molar-refractivity contribution in [1.82, 2.24) is 0 Å². The normalized spacial score (nSPS) is 11.2. The van der Waals surface area contributed by atoms with Crippen LogP contribution in [0.15, 0.2) is 48.5 Å². The molecule has 8 heteroatoms. The Hall–Kier alpha value is -3.06. The van der Waals surface area contributed by atoms with Crippen LogP contribution in [0.25, 0.3) is 0 Å². The monoisotopic (exact) mass is 390 g/mol. The highest BCUT2D eigenvalue weighted by Gasteiger charge is 2.19. The molecule has 1 unspecified atom stereocenters. The van der Waals surface area contributed by atoms with Crippen LogP contribution in [0.3, 0.4) is 0 Å². The summed E-state index contributed by atoms with van der Waals surface area (Å²) in [4.78, 5) is 35.7. The number of anilines is 2. The quantitative estimate of drug-likeness (QED) is 0.724. The van der Waals surface area contributed by atoms with Gasteiger partial charge in [0.25, 0.3) is 5.91 Å². The fourth-order valence-electron chi connectivity index (χ4n) is 2.05. The van der Waals surface area contributed by atoms with Gasteiger partial charge in [-0.2, -0.15) is 0 Å². The molecule has 0 aromatic heterocycles. The fraction of sp³-hybridized carbons (Fsp3) is 0.211. The summed E-state index contributed by atoms with van der Waals surface area (Å²) in [5.74, 6) is -1.17. The Morgan fingerprint density at radius 3 is 2.33 bits per heavy atom. The number of esters is 1. The lowest BCUT2D eigenvalue weighted by molar-refractivity contribution is -0.123. The third-order valence-corrected chi connectivity index (χ3v) is 3.76. The molecule has 0 bridgehead atoms. The third kappa shape index (κ3) is 6.00. The number of halogens is 1. The minimum Gasteiger partial charge on any atom is -0.450 e. The summed E-state index contributed by atoms with van der Waals surface area (Å²) in [6.07, 6.45) is -1.61. The van der Waals surface area contributed by atoms with E-state index in [9.17, 15) is 14.4 Å². The van der Waals surface area contributed by atoms with E-state index in [1.807, 2.05) is 0 Å². The zero-order valence-corrected chi connectivity index (χ0v) is 15.6. The van der Waals surface area contributed by atoms with Crippen LogP contribution >= 0.6 is 11.6 Å². The van der Waals surface area contributed by atoms with E-state index in [1.54, 1.807) is 31.2 Å². The van der Waals surface area contributed by atoms with Crippen molar-refractivity contribution >= 4 is 40.9 Å². The molecule has 2 aromatic rings. The minimum atomic E-state index is -1.02. The Morgan fingerprint density at radius 1 is 1.04 bits per heavy atom. The lowest BCUT2D eigenvalue weighted by Crippen LogP contribution is -2.30. The molecule has 0 spiro atoms. The van der Waals surface area contributed by atoms with Gasteiger partial charge >= 0.3 is 12.1 Å². The lowest BCUT2D eigenvalue weighted by atomic mass is 10.2. The van der Waals surface area contributed by atoms with Crippen LogP contribution in [0, 0.1) is 0 Å². The molecule has 2 aromatic carbocycles. The number of benzene rings is 2. The summed E-state index contributed by atoms with van der Waals surface area (Å²) >= 11 is 5.98. The summed E-state index contributed by atoms with van der Waals surface area (Å²) in [5.41, 5.74) is 1.14. The topological polar surface area (TPSA) is 93.7 Å². The van der Waals surface area contributed by atoms with Crippen molar-refractivity contribution in [3.8, 4) is 0 Å². The molecule has 7 nitrogen and oxygen atoms in total. The van der Waals surface area contributed by atoms with Gasteiger partial charge in [-0.25, -0.2) is 9.59 Å². The summed E-state index contributed by atoms with van der Waals surface area (Å²) in [7, 11) is 0. The molecule has 27 heavy (non-hydrogen) atoms. The molecule has 0 saturated carbocycles. The van der Waals surface area contributed by atoms with Gasteiger partial charge in [0.2, 0.25) is 0 Å². The predicted molar refractivity (Wildman–Crippen MR) is 102 cm³/mol. The molecule has 0 aliphatic rings. The third-order valence-electron chi connectivity index (χ3n) is 3.43. The van der Waals surface area contributed by atoms with Gasteiger partial charge in [-0.15, -0.1) is 0 Å². The fourth-order valence-corrected chi connectivity index (χ4v) is 2.24. The van der Waals surface area contributed by atoms with Crippen LogP contribution in [-0.2, 0) is 14.3 Å². The van der Waals surface area contributed by atoms with Gasteiger partial charge in [0.05, 0.1) is 22.9 Å². The predicted octanol–water partition coefficient (Wildman–Crippen LogP) is 4.09. The highest BCUT2D eigenvalue weighted by molar-refractivity contribution is 6.33. The summed E-state index contributed by atoms with van der Waals surface area (Å²) in [6.45, 7) is 3.41. The summed E-state index contributed by atoms with van der Waals surface area (Å²) < 4.78 is 9.93. The number of amides is 2. The molecule has 0 heterocycles. The Kier molecular flexibility index (Phi) is 7.19. The van der Waals surface area contributed by atoms with Gasteiger partial charge in [-0.1, -0.05) is 23.7 Å². The second-order valence-corrected chi connectivity index (χ2v) is 5.85. The Balaban J connectivity index is 1.92. The number of carbonyl (C=O) groups excluding carboxylic acids is 3. The van der Waals surface area contributed by atoms with Crippen molar-refractivity contribution in [3.05, 3.63) is 59.1 Å². The molecule has 2 amide bonds. The molecule has 0 aliphatic heterocycles. The largest absolute Gasteiger partial charge is 0.450 e. The average molecular weight is 391 g/mol. The van der Waals surface area contributed by atoms with Crippen LogP contribution in [-0.4, -0.2) is 30.7 Å². The average Bonchev–Trinajstić information content (AvgIpc) is 2.64. The number of nitrogens with one attached hydrogen (secondary N) is 2. The molecule has 1 atom stereocenters. The zero-order chi connectivity index (χ0) is 19.8. The van der Waals surface area contributed by atoms with Gasteiger partial charge in [0.15, 0.2) is 6.10 Å². The van der Waals surface area contributed by atoms with Gasteiger partial charge in [-0.05, 0) is 50.2 Å². The highest BCUT2D eigenvalue weighted by atomic mass is 35.5. The molecular formula is C19H19ClN2O5. The molecule has 2 N–H and O–H groups in total. The van der Waals surface area contributed by atoms with Crippen molar-refractivity contribution in [2.45, 2.75) is 20.0 Å².